The van der Waals surface area contributed by atoms with E-state index in [1.54, 1.807) is 0 Å². The fourth-order valence-electron chi connectivity index (χ4n) is 3.27. The van der Waals surface area contributed by atoms with Crippen LogP contribution in [0.3, 0.4) is 0 Å². The minimum absolute atomic E-state index is 0.106. The molecule has 0 saturated carbocycles. The highest BCUT2D eigenvalue weighted by molar-refractivity contribution is 7.99. The number of aryl methyl sites for hydroxylation is 2. The predicted octanol–water partition coefficient (Wildman–Crippen LogP) is 4.66. The molecule has 1 aliphatic carbocycles. The zero-order chi connectivity index (χ0) is 20.1. The summed E-state index contributed by atoms with van der Waals surface area (Å²) in [4.78, 5) is 4.70. The molecule has 1 aromatic heterocycles. The van der Waals surface area contributed by atoms with E-state index in [2.05, 4.69) is 39.0 Å². The molecule has 1 aliphatic rings. The third-order valence-corrected chi connectivity index (χ3v) is 6.10. The summed E-state index contributed by atoms with van der Waals surface area (Å²) in [6.07, 6.45) is 3.67. The second-order valence-electron chi connectivity index (χ2n) is 8.32. The van der Waals surface area contributed by atoms with E-state index in [-0.39, 0.29) is 12.0 Å². The second-order valence-corrected chi connectivity index (χ2v) is 9.32. The van der Waals surface area contributed by atoms with Gasteiger partial charge in [-0.25, -0.2) is 4.98 Å². The molecule has 148 valence electrons. The van der Waals surface area contributed by atoms with Crippen LogP contribution in [0.2, 0.25) is 0 Å². The molecular weight excluding hydrogens is 368 g/mol. The maximum atomic E-state index is 10.3. The third-order valence-electron chi connectivity index (χ3n) is 4.96. The smallest absolute Gasteiger partial charge is 0.119 e. The first-order chi connectivity index (χ1) is 13.4. The van der Waals surface area contributed by atoms with Gasteiger partial charge in [0.05, 0.1) is 11.7 Å². The first kappa shape index (κ1) is 20.7. The first-order valence-corrected chi connectivity index (χ1v) is 10.8. The number of aliphatic hydroxyl groups is 1. The van der Waals surface area contributed by atoms with Gasteiger partial charge in [-0.1, -0.05) is 32.9 Å². The Labute approximate surface area is 172 Å². The van der Waals surface area contributed by atoms with Gasteiger partial charge in [0.1, 0.15) is 23.5 Å². The quantitative estimate of drug-likeness (QED) is 0.719. The van der Waals surface area contributed by atoms with E-state index in [9.17, 15) is 10.4 Å². The van der Waals surface area contributed by atoms with E-state index in [1.165, 1.54) is 29.3 Å². The molecule has 0 saturated heterocycles. The highest BCUT2D eigenvalue weighted by Gasteiger charge is 2.17. The lowest BCUT2D eigenvalue weighted by Crippen LogP contribution is -2.20. The average molecular weight is 397 g/mol. The van der Waals surface area contributed by atoms with Crippen molar-refractivity contribution in [2.75, 3.05) is 12.4 Å². The van der Waals surface area contributed by atoms with Crippen LogP contribution in [0.5, 0.6) is 5.75 Å². The molecule has 0 unspecified atom stereocenters. The molecule has 0 radical (unpaired) electrons. The third kappa shape index (κ3) is 5.27. The molecule has 1 heterocycles. The summed E-state index contributed by atoms with van der Waals surface area (Å²) in [5, 5.41) is 20.4. The predicted molar refractivity (Wildman–Crippen MR) is 113 cm³/mol. The van der Waals surface area contributed by atoms with Crippen molar-refractivity contribution in [2.45, 2.75) is 63.0 Å². The zero-order valence-electron chi connectivity index (χ0n) is 16.9. The Kier molecular flexibility index (Phi) is 6.64. The molecule has 4 nitrogen and oxygen atoms in total. The average Bonchev–Trinajstić information content (AvgIpc) is 2.69. The number of thioether (sulfide) groups is 1. The number of fused-ring (bicyclic) bond motifs is 1. The minimum atomic E-state index is -0.628. The number of rotatable bonds is 6. The van der Waals surface area contributed by atoms with Gasteiger partial charge in [0, 0.05) is 11.4 Å². The summed E-state index contributed by atoms with van der Waals surface area (Å²) in [5.41, 5.74) is 4.27. The Morgan fingerprint density at radius 1 is 1.21 bits per heavy atom. The van der Waals surface area contributed by atoms with Gasteiger partial charge >= 0.3 is 0 Å². The Bertz CT molecular complexity index is 851. The Morgan fingerprint density at radius 2 is 1.93 bits per heavy atom. The van der Waals surface area contributed by atoms with Crippen molar-refractivity contribution in [3.8, 4) is 11.8 Å². The van der Waals surface area contributed by atoms with Crippen LogP contribution in [-0.4, -0.2) is 28.6 Å². The maximum Gasteiger partial charge on any atom is 0.119 e. The molecule has 0 aliphatic heterocycles. The van der Waals surface area contributed by atoms with Crippen molar-refractivity contribution < 1.29 is 9.84 Å². The molecule has 1 atom stereocenters. The van der Waals surface area contributed by atoms with Crippen molar-refractivity contribution >= 4 is 11.8 Å². The van der Waals surface area contributed by atoms with Gasteiger partial charge in [-0.15, -0.1) is 11.8 Å². The Hall–Kier alpha value is -2.03. The summed E-state index contributed by atoms with van der Waals surface area (Å²) in [5.74, 6) is 1.20. The van der Waals surface area contributed by atoms with Crippen molar-refractivity contribution in [1.82, 2.24) is 4.98 Å². The standard InChI is InChI=1S/C23H28N2O2S/c1-23(2,3)18-8-10-20(11-9-18)27-14-19(26)15-28-22-17(13-24)12-16-6-4-5-7-21(16)25-22/h8-12,19,26H,4-7,14-15H2,1-3H3/t19-/m1/s1. The highest BCUT2D eigenvalue weighted by atomic mass is 32.2. The van der Waals surface area contributed by atoms with Crippen molar-refractivity contribution in [3.05, 3.63) is 52.7 Å². The van der Waals surface area contributed by atoms with Crippen molar-refractivity contribution in [1.29, 1.82) is 5.26 Å². The van der Waals surface area contributed by atoms with E-state index >= 15 is 0 Å². The maximum absolute atomic E-state index is 10.3. The summed E-state index contributed by atoms with van der Waals surface area (Å²) < 4.78 is 5.72. The number of benzene rings is 1. The van der Waals surface area contributed by atoms with Gasteiger partial charge in [0.25, 0.3) is 0 Å². The lowest BCUT2D eigenvalue weighted by atomic mass is 9.87. The van der Waals surface area contributed by atoms with Crippen LogP contribution in [0.15, 0.2) is 35.4 Å². The van der Waals surface area contributed by atoms with Crippen LogP contribution < -0.4 is 4.74 Å². The number of nitrogens with zero attached hydrogens (tertiary/aromatic N) is 2. The van der Waals surface area contributed by atoms with Crippen LogP contribution >= 0.6 is 11.8 Å². The molecule has 0 amide bonds. The lowest BCUT2D eigenvalue weighted by Gasteiger charge is -2.19. The Balaban J connectivity index is 1.54. The van der Waals surface area contributed by atoms with E-state index < -0.39 is 6.10 Å². The number of ether oxygens (including phenoxy) is 1. The molecule has 3 rings (SSSR count). The topological polar surface area (TPSA) is 66.1 Å². The lowest BCUT2D eigenvalue weighted by molar-refractivity contribution is 0.126. The summed E-state index contributed by atoms with van der Waals surface area (Å²) in [6.45, 7) is 6.74. The number of hydrogen-bond donors (Lipinski definition) is 1. The van der Waals surface area contributed by atoms with E-state index in [4.69, 9.17) is 9.72 Å². The van der Waals surface area contributed by atoms with Crippen molar-refractivity contribution in [2.24, 2.45) is 0 Å². The van der Waals surface area contributed by atoms with Gasteiger partial charge in [-0.3, -0.25) is 0 Å². The second kappa shape index (κ2) is 8.98. The summed E-state index contributed by atoms with van der Waals surface area (Å²) >= 11 is 1.43. The van der Waals surface area contributed by atoms with Crippen LogP contribution in [0.25, 0.3) is 0 Å². The normalized spacial score (nSPS) is 14.8. The molecular formula is C23H28N2O2S. The number of hydrogen-bond acceptors (Lipinski definition) is 5. The first-order valence-electron chi connectivity index (χ1n) is 9.84. The van der Waals surface area contributed by atoms with Crippen molar-refractivity contribution in [3.63, 3.8) is 0 Å². The Morgan fingerprint density at radius 3 is 2.61 bits per heavy atom. The SMILES string of the molecule is CC(C)(C)c1ccc(OC[C@@H](O)CSc2nc3c(cc2C#N)CCCC3)cc1. The van der Waals surface area contributed by atoms with Gasteiger partial charge in [0.15, 0.2) is 0 Å². The van der Waals surface area contributed by atoms with Gasteiger partial charge in [-0.05, 0) is 60.4 Å². The highest BCUT2D eigenvalue weighted by Crippen LogP contribution is 2.28. The minimum Gasteiger partial charge on any atom is -0.491 e. The fraction of sp³-hybridized carbons (Fsp3) is 0.478. The number of aliphatic hydroxyl groups excluding tert-OH is 1. The molecule has 0 bridgehead atoms. The van der Waals surface area contributed by atoms with Crippen LogP contribution in [0.4, 0.5) is 0 Å². The van der Waals surface area contributed by atoms with Crippen LogP contribution in [-0.2, 0) is 18.3 Å². The molecule has 1 N–H and O–H groups in total. The van der Waals surface area contributed by atoms with E-state index in [0.717, 1.165) is 35.7 Å². The van der Waals surface area contributed by atoms with Crippen LogP contribution in [0.1, 0.15) is 56.0 Å². The largest absolute Gasteiger partial charge is 0.491 e. The summed E-state index contributed by atoms with van der Waals surface area (Å²) in [6, 6.07) is 12.2. The molecule has 0 spiro atoms. The number of pyridine rings is 1. The molecule has 28 heavy (non-hydrogen) atoms. The van der Waals surface area contributed by atoms with E-state index in [0.29, 0.717) is 11.3 Å². The van der Waals surface area contributed by atoms with Gasteiger partial charge in [0.2, 0.25) is 0 Å². The molecule has 5 heteroatoms. The molecule has 0 fully saturated rings. The van der Waals surface area contributed by atoms with Crippen LogP contribution in [0, 0.1) is 11.3 Å². The van der Waals surface area contributed by atoms with Gasteiger partial charge in [-0.2, -0.15) is 5.26 Å². The van der Waals surface area contributed by atoms with Gasteiger partial charge < -0.3 is 9.84 Å². The molecule has 1 aromatic carbocycles. The molecule has 2 aromatic rings. The number of aromatic nitrogens is 1. The zero-order valence-corrected chi connectivity index (χ0v) is 17.7. The summed E-state index contributed by atoms with van der Waals surface area (Å²) in [7, 11) is 0. The fourth-order valence-corrected chi connectivity index (χ4v) is 4.15. The van der Waals surface area contributed by atoms with E-state index in [1.807, 2.05) is 18.2 Å². The monoisotopic (exact) mass is 396 g/mol. The number of nitriles is 1.